The molecule has 0 bridgehead atoms. The second-order valence-corrected chi connectivity index (χ2v) is 38.4. The van der Waals surface area contributed by atoms with E-state index in [9.17, 15) is 0 Å². The third-order valence-corrected chi connectivity index (χ3v) is 29.3. The fraction of sp³-hybridized carbons (Fsp3) is 0.389. The maximum absolute atomic E-state index is 6.66. The van der Waals surface area contributed by atoms with Crippen molar-refractivity contribution in [3.05, 3.63) is 204 Å². The SMILES string of the molecule is CCCCCCCCCCCCc1c2cc(-c3c4nsnc4c(-c4ccc(-c5ccccc5)s4)c4nc(-c5cccc(OCCCCCCCC)c5)c(-c5cccc(C)c5)nc34)sc2c(CCCCCCCCCCCC)c2cc(-c3c4nsnc4c(-c4ccccc4)c4nc(-c5cccc(C)c5)c(-c5cccc(OCCCCCCCC)c5)nc34)sc12. The van der Waals surface area contributed by atoms with Crippen LogP contribution >= 0.6 is 57.5 Å². The third kappa shape index (κ3) is 20.7. The molecule has 16 aromatic rings. The number of aryl methyl sites for hydroxylation is 4. The standard InChI is InChI=1S/C108H120N8O2S5/c1-7-11-15-19-23-25-27-29-31-41-61-83-85-71-89(93-101-99(91(76-53-39-36-40-54-76)103-105(93)115-122-113-103)109-95(77-55-45-49-73(5)67-77)97(112-101)79-57-47-59-81(69-79)117-65-43-33-21-17-13-9-3)120-107(85)84(62-42-32-30-28-26-24-20-16-12-8-2)86-72-90(121-108(83)86)94-102-100(92(104-106(94)116-123-114-104)88-64-63-87(119-88)75-51-37-35-38-52-75)111-98(96(110-102)78-56-46-50-74(6)68-78)80-58-48-60-82(70-80)118-66-44-34-22-18-14-10-4/h35-40,45-60,63-64,67-72H,7-34,41-44,61-62,65-66H2,1-6H3. The summed E-state index contributed by atoms with van der Waals surface area (Å²) in [6, 6.07) is 65.9. The van der Waals surface area contributed by atoms with Gasteiger partial charge in [0.25, 0.3) is 0 Å². The van der Waals surface area contributed by atoms with E-state index in [1.807, 2.05) is 22.7 Å². The molecule has 9 aromatic carbocycles. The van der Waals surface area contributed by atoms with Crippen molar-refractivity contribution in [3.63, 3.8) is 0 Å². The largest absolute Gasteiger partial charge is 0.494 e. The first-order valence-electron chi connectivity index (χ1n) is 46.6. The van der Waals surface area contributed by atoms with Gasteiger partial charge in [-0.05, 0) is 146 Å². The van der Waals surface area contributed by atoms with Crippen LogP contribution in [0.3, 0.4) is 0 Å². The van der Waals surface area contributed by atoms with E-state index in [-0.39, 0.29) is 0 Å². The smallest absolute Gasteiger partial charge is 0.119 e. The first-order valence-corrected chi connectivity index (χ1v) is 50.5. The third-order valence-electron chi connectivity index (χ3n) is 24.7. The average Bonchev–Trinajstić information content (AvgIpc) is 1.60. The highest BCUT2D eigenvalue weighted by Gasteiger charge is 2.32. The number of ether oxygens (including phenoxy) is 2. The van der Waals surface area contributed by atoms with Crippen LogP contribution in [0, 0.1) is 13.8 Å². The van der Waals surface area contributed by atoms with Crippen LogP contribution in [0.4, 0.5) is 0 Å². The lowest BCUT2D eigenvalue weighted by molar-refractivity contribution is 0.304. The lowest BCUT2D eigenvalue weighted by Crippen LogP contribution is -2.01. The van der Waals surface area contributed by atoms with E-state index in [1.165, 1.54) is 219 Å². The lowest BCUT2D eigenvalue weighted by Gasteiger charge is -2.17. The highest BCUT2D eigenvalue weighted by atomic mass is 32.1. The van der Waals surface area contributed by atoms with Crippen LogP contribution in [0.2, 0.25) is 0 Å². The highest BCUT2D eigenvalue weighted by molar-refractivity contribution is 7.24. The van der Waals surface area contributed by atoms with E-state index in [1.54, 1.807) is 11.3 Å². The molecule has 0 saturated carbocycles. The number of fused-ring (bicyclic) bond motifs is 6. The number of thiophene rings is 3. The van der Waals surface area contributed by atoms with Gasteiger partial charge in [-0.2, -0.15) is 17.5 Å². The minimum absolute atomic E-state index is 0.663. The van der Waals surface area contributed by atoms with Gasteiger partial charge in [0.15, 0.2) is 0 Å². The monoisotopic (exact) mass is 1720 g/mol. The van der Waals surface area contributed by atoms with Crippen LogP contribution in [0.1, 0.15) is 255 Å². The van der Waals surface area contributed by atoms with E-state index >= 15 is 0 Å². The van der Waals surface area contributed by atoms with Crippen molar-refractivity contribution in [2.75, 3.05) is 13.2 Å². The predicted molar refractivity (Wildman–Crippen MR) is 530 cm³/mol. The minimum atomic E-state index is 0.663. The van der Waals surface area contributed by atoms with Crippen molar-refractivity contribution in [1.29, 1.82) is 0 Å². The molecule has 123 heavy (non-hydrogen) atoms. The zero-order valence-electron chi connectivity index (χ0n) is 73.2. The summed E-state index contributed by atoms with van der Waals surface area (Å²) >= 11 is 8.21. The van der Waals surface area contributed by atoms with Gasteiger partial charge in [0.1, 0.15) is 55.6 Å². The zero-order chi connectivity index (χ0) is 84.1. The molecule has 0 spiro atoms. The summed E-state index contributed by atoms with van der Waals surface area (Å²) in [5.74, 6) is 1.67. The molecule has 7 heterocycles. The van der Waals surface area contributed by atoms with Crippen LogP contribution in [-0.2, 0) is 12.8 Å². The van der Waals surface area contributed by atoms with E-state index in [0.717, 1.165) is 218 Å². The van der Waals surface area contributed by atoms with Crippen molar-refractivity contribution >= 4 is 122 Å². The maximum Gasteiger partial charge on any atom is 0.119 e. The van der Waals surface area contributed by atoms with Crippen LogP contribution in [0.15, 0.2) is 182 Å². The van der Waals surface area contributed by atoms with Crippen LogP contribution in [0.25, 0.3) is 162 Å². The van der Waals surface area contributed by atoms with Gasteiger partial charge in [0.05, 0.1) is 59.4 Å². The summed E-state index contributed by atoms with van der Waals surface area (Å²) in [4.78, 5) is 28.9. The molecular formula is C108H120N8O2S5. The number of aromatic nitrogens is 8. The van der Waals surface area contributed by atoms with Gasteiger partial charge in [0.2, 0.25) is 0 Å². The Hall–Kier alpha value is -9.48. The Labute approximate surface area is 749 Å². The molecule has 10 nitrogen and oxygen atoms in total. The van der Waals surface area contributed by atoms with Gasteiger partial charge < -0.3 is 9.47 Å². The molecule has 0 saturated heterocycles. The summed E-state index contributed by atoms with van der Waals surface area (Å²) in [6.07, 6.45) is 41.5. The predicted octanol–water partition coefficient (Wildman–Crippen LogP) is 34.1. The summed E-state index contributed by atoms with van der Waals surface area (Å²) in [5, 5.41) is 2.64. The molecule has 16 rings (SSSR count). The van der Waals surface area contributed by atoms with Gasteiger partial charge in [0, 0.05) is 73.4 Å². The van der Waals surface area contributed by atoms with Crippen LogP contribution < -0.4 is 9.47 Å². The molecule has 7 aromatic heterocycles. The molecule has 0 atom stereocenters. The van der Waals surface area contributed by atoms with Gasteiger partial charge in [-0.15, -0.1) is 34.0 Å². The molecule has 0 amide bonds. The molecule has 0 fully saturated rings. The maximum atomic E-state index is 6.66. The van der Waals surface area contributed by atoms with Crippen molar-refractivity contribution in [2.45, 2.75) is 260 Å². The zero-order valence-corrected chi connectivity index (χ0v) is 77.3. The van der Waals surface area contributed by atoms with E-state index in [2.05, 4.69) is 224 Å². The number of rotatable bonds is 47. The number of hydrogen-bond acceptors (Lipinski definition) is 15. The van der Waals surface area contributed by atoms with Crippen molar-refractivity contribution < 1.29 is 9.47 Å². The van der Waals surface area contributed by atoms with Gasteiger partial charge in [-0.1, -0.05) is 340 Å². The topological polar surface area (TPSA) is 122 Å². The Morgan fingerprint density at radius 2 is 0.569 bits per heavy atom. The first-order chi connectivity index (χ1) is 60.7. The summed E-state index contributed by atoms with van der Waals surface area (Å²) in [7, 11) is 0. The van der Waals surface area contributed by atoms with Crippen LogP contribution in [0.5, 0.6) is 11.5 Å². The Balaban J connectivity index is 0.917. The molecule has 634 valence electrons. The lowest BCUT2D eigenvalue weighted by atomic mass is 9.93. The van der Waals surface area contributed by atoms with E-state index in [0.29, 0.717) is 13.2 Å². The number of unbranched alkanes of at least 4 members (excludes halogenated alkanes) is 28. The van der Waals surface area contributed by atoms with E-state index < -0.39 is 0 Å². The van der Waals surface area contributed by atoms with Crippen molar-refractivity contribution in [1.82, 2.24) is 37.4 Å². The molecule has 15 heteroatoms. The van der Waals surface area contributed by atoms with E-state index in [4.69, 9.17) is 46.9 Å². The molecule has 0 aliphatic carbocycles. The molecule has 0 aliphatic heterocycles. The fourth-order valence-electron chi connectivity index (χ4n) is 18.1. The van der Waals surface area contributed by atoms with Gasteiger partial charge in [-0.3, -0.25) is 0 Å². The highest BCUT2D eigenvalue weighted by Crippen LogP contribution is 2.54. The Morgan fingerprint density at radius 1 is 0.252 bits per heavy atom. The molecule has 0 radical (unpaired) electrons. The second-order valence-electron chi connectivity index (χ2n) is 34.1. The Bertz CT molecular complexity index is 6100. The fourth-order valence-corrected chi connectivity index (χ4v) is 22.9. The summed E-state index contributed by atoms with van der Waals surface area (Å²) in [6.45, 7) is 14.9. The van der Waals surface area contributed by atoms with Crippen molar-refractivity contribution in [3.8, 4) is 109 Å². The quantitative estimate of drug-likeness (QED) is 0.0341. The average molecular weight is 1720 g/mol. The second kappa shape index (κ2) is 43.4. The summed E-state index contributed by atoms with van der Waals surface area (Å²) in [5.41, 5.74) is 25.0. The minimum Gasteiger partial charge on any atom is -0.494 e. The van der Waals surface area contributed by atoms with Crippen LogP contribution in [-0.4, -0.2) is 50.6 Å². The molecule has 0 aliphatic rings. The number of nitrogens with zero attached hydrogens (tertiary/aromatic N) is 8. The van der Waals surface area contributed by atoms with Gasteiger partial charge in [-0.25, -0.2) is 19.9 Å². The number of benzene rings is 9. The molecule has 0 N–H and O–H groups in total. The number of hydrogen-bond donors (Lipinski definition) is 0. The first kappa shape index (κ1) is 87.0. The Kier molecular flexibility index (Phi) is 30.7. The Morgan fingerprint density at radius 3 is 0.959 bits per heavy atom. The van der Waals surface area contributed by atoms with Crippen molar-refractivity contribution in [2.24, 2.45) is 0 Å². The molecular weight excluding hydrogens is 1600 g/mol. The molecule has 0 unspecified atom stereocenters. The van der Waals surface area contributed by atoms with Gasteiger partial charge >= 0.3 is 0 Å². The summed E-state index contributed by atoms with van der Waals surface area (Å²) < 4.78 is 37.6. The normalized spacial score (nSPS) is 11.9.